The van der Waals surface area contributed by atoms with Crippen LogP contribution in [0.4, 0.5) is 0 Å². The minimum absolute atomic E-state index is 0.00309. The summed E-state index contributed by atoms with van der Waals surface area (Å²) in [5, 5.41) is 11.8. The number of hydrogen-bond acceptors (Lipinski definition) is 2. The topological polar surface area (TPSA) is 66.4 Å². The lowest BCUT2D eigenvalue weighted by molar-refractivity contribution is -0.143. The summed E-state index contributed by atoms with van der Waals surface area (Å²) in [6.07, 6.45) is 2.79. The molecule has 1 aromatic carbocycles. The number of carbonyl (C=O) groups is 2. The molecule has 0 bridgehead atoms. The van der Waals surface area contributed by atoms with Gasteiger partial charge in [0.05, 0.1) is 0 Å². The zero-order chi connectivity index (χ0) is 13.1. The average Bonchev–Trinajstić information content (AvgIpc) is 2.23. The van der Waals surface area contributed by atoms with Gasteiger partial charge in [0.15, 0.2) is 6.04 Å². The Morgan fingerprint density at radius 3 is 2.61 bits per heavy atom. The standard InChI is InChI=1S/C14H17NO3/c1-9-4-2-7-11(8-9)12(14(17)18)15-13(16)10-5-3-6-10/h2,4,7-8,10,12H,3,5-6H2,1H3,(H,15,16)(H,17,18). The molecule has 1 amide bonds. The maximum absolute atomic E-state index is 11.8. The molecule has 4 nitrogen and oxygen atoms in total. The van der Waals surface area contributed by atoms with E-state index in [4.69, 9.17) is 0 Å². The molecule has 1 aliphatic rings. The normalized spacial score (nSPS) is 16.7. The lowest BCUT2D eigenvalue weighted by atomic mass is 9.84. The Hall–Kier alpha value is -1.84. The van der Waals surface area contributed by atoms with E-state index in [0.29, 0.717) is 5.56 Å². The van der Waals surface area contributed by atoms with Gasteiger partial charge in [-0.05, 0) is 25.3 Å². The van der Waals surface area contributed by atoms with Crippen LogP contribution in [-0.2, 0) is 9.59 Å². The smallest absolute Gasteiger partial charge is 0.330 e. The Labute approximate surface area is 106 Å². The monoisotopic (exact) mass is 247 g/mol. The number of nitrogens with one attached hydrogen (secondary N) is 1. The molecule has 0 radical (unpaired) electrons. The van der Waals surface area contributed by atoms with Crippen LogP contribution < -0.4 is 5.32 Å². The quantitative estimate of drug-likeness (QED) is 0.855. The Kier molecular flexibility index (Phi) is 3.65. The number of carbonyl (C=O) groups excluding carboxylic acids is 1. The van der Waals surface area contributed by atoms with E-state index in [0.717, 1.165) is 24.8 Å². The number of carboxylic acids is 1. The van der Waals surface area contributed by atoms with Crippen molar-refractivity contribution < 1.29 is 14.7 Å². The molecule has 0 heterocycles. The third-order valence-corrected chi connectivity index (χ3v) is 3.38. The Morgan fingerprint density at radius 2 is 2.11 bits per heavy atom. The fourth-order valence-electron chi connectivity index (χ4n) is 2.07. The highest BCUT2D eigenvalue weighted by atomic mass is 16.4. The number of carboxylic acid groups (broad SMARTS) is 1. The molecule has 18 heavy (non-hydrogen) atoms. The molecule has 0 spiro atoms. The summed E-state index contributed by atoms with van der Waals surface area (Å²) >= 11 is 0. The van der Waals surface area contributed by atoms with Gasteiger partial charge >= 0.3 is 5.97 Å². The summed E-state index contributed by atoms with van der Waals surface area (Å²) in [5.74, 6) is -1.17. The van der Waals surface area contributed by atoms with Crippen LogP contribution in [0.3, 0.4) is 0 Å². The second-order valence-corrected chi connectivity index (χ2v) is 4.82. The average molecular weight is 247 g/mol. The van der Waals surface area contributed by atoms with Crippen molar-refractivity contribution in [2.45, 2.75) is 32.2 Å². The van der Waals surface area contributed by atoms with E-state index in [9.17, 15) is 14.7 Å². The third kappa shape index (κ3) is 2.70. The Bertz CT molecular complexity index is 466. The predicted molar refractivity (Wildman–Crippen MR) is 67.0 cm³/mol. The van der Waals surface area contributed by atoms with E-state index in [1.54, 1.807) is 18.2 Å². The van der Waals surface area contributed by atoms with E-state index in [2.05, 4.69) is 5.32 Å². The summed E-state index contributed by atoms with van der Waals surface area (Å²) in [6, 6.07) is 6.27. The van der Waals surface area contributed by atoms with Crippen LogP contribution >= 0.6 is 0 Å². The molecule has 96 valence electrons. The zero-order valence-electron chi connectivity index (χ0n) is 10.3. The van der Waals surface area contributed by atoms with Crippen LogP contribution in [0, 0.1) is 12.8 Å². The summed E-state index contributed by atoms with van der Waals surface area (Å²) in [6.45, 7) is 1.90. The van der Waals surface area contributed by atoms with Gasteiger partial charge in [0.1, 0.15) is 0 Å². The van der Waals surface area contributed by atoms with Gasteiger partial charge in [-0.15, -0.1) is 0 Å². The second kappa shape index (κ2) is 5.21. The first-order chi connectivity index (χ1) is 8.58. The van der Waals surface area contributed by atoms with Crippen LogP contribution in [0.1, 0.15) is 36.4 Å². The van der Waals surface area contributed by atoms with Crippen molar-refractivity contribution in [1.29, 1.82) is 0 Å². The maximum Gasteiger partial charge on any atom is 0.330 e. The van der Waals surface area contributed by atoms with Crippen molar-refractivity contribution in [3.63, 3.8) is 0 Å². The van der Waals surface area contributed by atoms with Gasteiger partial charge in [0.25, 0.3) is 0 Å². The van der Waals surface area contributed by atoms with Crippen molar-refractivity contribution in [2.24, 2.45) is 5.92 Å². The summed E-state index contributed by atoms with van der Waals surface area (Å²) in [7, 11) is 0. The molecule has 2 N–H and O–H groups in total. The molecule has 1 saturated carbocycles. The number of benzene rings is 1. The predicted octanol–water partition coefficient (Wildman–Crippen LogP) is 2.04. The van der Waals surface area contributed by atoms with Crippen molar-refractivity contribution in [3.8, 4) is 0 Å². The molecule has 0 aliphatic heterocycles. The minimum atomic E-state index is -1.02. The highest BCUT2D eigenvalue weighted by Gasteiger charge is 2.29. The number of aryl methyl sites for hydroxylation is 1. The molecule has 2 rings (SSSR count). The van der Waals surface area contributed by atoms with Gasteiger partial charge in [-0.3, -0.25) is 4.79 Å². The fourth-order valence-corrected chi connectivity index (χ4v) is 2.07. The van der Waals surface area contributed by atoms with Crippen LogP contribution in [-0.4, -0.2) is 17.0 Å². The van der Waals surface area contributed by atoms with Crippen molar-refractivity contribution in [3.05, 3.63) is 35.4 Å². The van der Waals surface area contributed by atoms with Gasteiger partial charge in [0.2, 0.25) is 5.91 Å². The number of hydrogen-bond donors (Lipinski definition) is 2. The molecule has 1 aromatic rings. The first-order valence-corrected chi connectivity index (χ1v) is 6.17. The van der Waals surface area contributed by atoms with Crippen LogP contribution in [0.5, 0.6) is 0 Å². The first kappa shape index (κ1) is 12.6. The summed E-state index contributed by atoms with van der Waals surface area (Å²) < 4.78 is 0. The zero-order valence-corrected chi connectivity index (χ0v) is 10.3. The lowest BCUT2D eigenvalue weighted by Crippen LogP contribution is -2.39. The molecule has 1 unspecified atom stereocenters. The van der Waals surface area contributed by atoms with Crippen LogP contribution in [0.25, 0.3) is 0 Å². The van der Waals surface area contributed by atoms with Gasteiger partial charge in [0, 0.05) is 5.92 Å². The van der Waals surface area contributed by atoms with Gasteiger partial charge in [-0.2, -0.15) is 0 Å². The summed E-state index contributed by atoms with van der Waals surface area (Å²) in [5.41, 5.74) is 1.60. The first-order valence-electron chi connectivity index (χ1n) is 6.17. The molecule has 1 aliphatic carbocycles. The molecule has 4 heteroatoms. The third-order valence-electron chi connectivity index (χ3n) is 3.38. The Balaban J connectivity index is 2.13. The molecular formula is C14H17NO3. The van der Waals surface area contributed by atoms with Crippen molar-refractivity contribution >= 4 is 11.9 Å². The van der Waals surface area contributed by atoms with Crippen LogP contribution in [0.15, 0.2) is 24.3 Å². The van der Waals surface area contributed by atoms with Crippen LogP contribution in [0.2, 0.25) is 0 Å². The molecule has 1 atom stereocenters. The van der Waals surface area contributed by atoms with Crippen molar-refractivity contribution in [1.82, 2.24) is 5.32 Å². The second-order valence-electron chi connectivity index (χ2n) is 4.82. The van der Waals surface area contributed by atoms with E-state index in [1.807, 2.05) is 13.0 Å². The molecular weight excluding hydrogens is 230 g/mol. The van der Waals surface area contributed by atoms with Gasteiger partial charge in [-0.25, -0.2) is 4.79 Å². The number of rotatable bonds is 4. The highest BCUT2D eigenvalue weighted by molar-refractivity contribution is 5.86. The van der Waals surface area contributed by atoms with Gasteiger partial charge in [-0.1, -0.05) is 36.2 Å². The van der Waals surface area contributed by atoms with E-state index >= 15 is 0 Å². The maximum atomic E-state index is 11.8. The molecule has 0 aromatic heterocycles. The van der Waals surface area contributed by atoms with Crippen molar-refractivity contribution in [2.75, 3.05) is 0 Å². The highest BCUT2D eigenvalue weighted by Crippen LogP contribution is 2.27. The van der Waals surface area contributed by atoms with E-state index in [1.165, 1.54) is 0 Å². The lowest BCUT2D eigenvalue weighted by Gasteiger charge is -2.26. The van der Waals surface area contributed by atoms with E-state index in [-0.39, 0.29) is 11.8 Å². The Morgan fingerprint density at radius 1 is 1.39 bits per heavy atom. The molecule has 0 saturated heterocycles. The van der Waals surface area contributed by atoms with Gasteiger partial charge < -0.3 is 10.4 Å². The SMILES string of the molecule is Cc1cccc(C(NC(=O)C2CCC2)C(=O)O)c1. The molecule has 1 fully saturated rings. The largest absolute Gasteiger partial charge is 0.479 e. The minimum Gasteiger partial charge on any atom is -0.479 e. The number of aliphatic carboxylic acids is 1. The number of amides is 1. The van der Waals surface area contributed by atoms with E-state index < -0.39 is 12.0 Å². The fraction of sp³-hybridized carbons (Fsp3) is 0.429. The summed E-state index contributed by atoms with van der Waals surface area (Å²) in [4.78, 5) is 23.1.